The van der Waals surface area contributed by atoms with Crippen molar-refractivity contribution in [3.05, 3.63) is 81.2 Å². The molecule has 0 spiro atoms. The fourth-order valence-electron chi connectivity index (χ4n) is 4.10. The first-order valence-corrected chi connectivity index (χ1v) is 13.5. The number of thiophene rings is 1. The molecule has 1 N–H and O–H groups in total. The zero-order chi connectivity index (χ0) is 22.7. The third-order valence-corrected chi connectivity index (χ3v) is 8.72. The number of rotatable bonds is 7. The van der Waals surface area contributed by atoms with Gasteiger partial charge in [-0.3, -0.25) is 4.90 Å². The van der Waals surface area contributed by atoms with Gasteiger partial charge in [0, 0.05) is 47.3 Å². The predicted molar refractivity (Wildman–Crippen MR) is 131 cm³/mol. The molecule has 0 radical (unpaired) electrons. The minimum atomic E-state index is -3.65. The second-order valence-electron chi connectivity index (χ2n) is 7.82. The molecule has 2 heterocycles. The first kappa shape index (κ1) is 23.4. The highest BCUT2D eigenvalue weighted by Crippen LogP contribution is 2.31. The predicted octanol–water partition coefficient (Wildman–Crippen LogP) is 4.88. The van der Waals surface area contributed by atoms with Crippen molar-refractivity contribution >= 4 is 43.0 Å². The number of sulfonamides is 1. The lowest BCUT2D eigenvalue weighted by atomic mass is 10.1. The minimum absolute atomic E-state index is 0.0735. The van der Waals surface area contributed by atoms with Crippen LogP contribution >= 0.6 is 27.3 Å². The van der Waals surface area contributed by atoms with Gasteiger partial charge in [-0.05, 0) is 66.9 Å². The van der Waals surface area contributed by atoms with E-state index in [-0.39, 0.29) is 22.8 Å². The average molecular weight is 539 g/mol. The number of nitrogens with zero attached hydrogens (tertiary/aromatic N) is 2. The maximum absolute atomic E-state index is 13.3. The van der Waals surface area contributed by atoms with Crippen LogP contribution in [-0.2, 0) is 10.0 Å². The molecule has 1 aliphatic heterocycles. The zero-order valence-corrected chi connectivity index (χ0v) is 20.8. The molecule has 0 aliphatic carbocycles. The molecule has 170 valence electrons. The van der Waals surface area contributed by atoms with Crippen LogP contribution in [0.25, 0.3) is 0 Å². The monoisotopic (exact) mass is 537 g/mol. The number of piperazine rings is 1. The number of hydrogen-bond donors (Lipinski definition) is 1. The van der Waals surface area contributed by atoms with E-state index < -0.39 is 10.0 Å². The van der Waals surface area contributed by atoms with E-state index in [2.05, 4.69) is 36.5 Å². The molecule has 4 rings (SSSR count). The van der Waals surface area contributed by atoms with Crippen molar-refractivity contribution in [2.75, 3.05) is 31.1 Å². The van der Waals surface area contributed by atoms with Crippen molar-refractivity contribution in [1.29, 1.82) is 0 Å². The summed E-state index contributed by atoms with van der Waals surface area (Å²) in [5.74, 6) is -0.239. The van der Waals surface area contributed by atoms with E-state index in [4.69, 9.17) is 0 Å². The topological polar surface area (TPSA) is 52.7 Å². The summed E-state index contributed by atoms with van der Waals surface area (Å²) in [7, 11) is -3.65. The van der Waals surface area contributed by atoms with Crippen LogP contribution < -0.4 is 9.62 Å². The summed E-state index contributed by atoms with van der Waals surface area (Å²) < 4.78 is 43.0. The lowest BCUT2D eigenvalue weighted by Gasteiger charge is -2.42. The second kappa shape index (κ2) is 10.0. The molecule has 1 aliphatic rings. The normalized spacial score (nSPS) is 17.3. The van der Waals surface area contributed by atoms with Gasteiger partial charge in [-0.2, -0.15) is 0 Å². The molecule has 5 nitrogen and oxygen atoms in total. The van der Waals surface area contributed by atoms with E-state index in [0.29, 0.717) is 0 Å². The highest BCUT2D eigenvalue weighted by Gasteiger charge is 2.32. The quantitative estimate of drug-likeness (QED) is 0.466. The summed E-state index contributed by atoms with van der Waals surface area (Å²) in [6.45, 7) is 5.07. The first-order chi connectivity index (χ1) is 15.3. The maximum atomic E-state index is 13.3. The van der Waals surface area contributed by atoms with Crippen molar-refractivity contribution in [1.82, 2.24) is 9.62 Å². The van der Waals surface area contributed by atoms with Crippen molar-refractivity contribution in [3.63, 3.8) is 0 Å². The van der Waals surface area contributed by atoms with E-state index in [1.54, 1.807) is 47.7 Å². The van der Waals surface area contributed by atoms with Crippen LogP contribution in [0.5, 0.6) is 0 Å². The Bertz CT molecular complexity index is 1120. The highest BCUT2D eigenvalue weighted by molar-refractivity contribution is 9.10. The van der Waals surface area contributed by atoms with E-state index in [1.807, 2.05) is 18.4 Å². The molecule has 1 aromatic heterocycles. The van der Waals surface area contributed by atoms with Gasteiger partial charge in [-0.25, -0.2) is 17.5 Å². The molecule has 0 amide bonds. The fourth-order valence-corrected chi connectivity index (χ4v) is 6.58. The lowest BCUT2D eigenvalue weighted by Crippen LogP contribution is -2.52. The molecule has 32 heavy (non-hydrogen) atoms. The Kier molecular flexibility index (Phi) is 7.31. The Morgan fingerprint density at radius 3 is 2.25 bits per heavy atom. The number of hydrogen-bond acceptors (Lipinski definition) is 5. The SMILES string of the molecule is CC(NS(=O)(=O)c1ccc(Br)cc1)C(c1cccs1)N1CCN(c2ccc(F)cc2)CC1. The number of halogens is 2. The standard InChI is InChI=1S/C23H25BrFN3O2S2/c1-17(26-32(29,30)21-10-4-18(24)5-11-21)23(22-3-2-16-31-22)28-14-12-27(13-15-28)20-8-6-19(25)7-9-20/h2-11,16-17,23,26H,12-15H2,1H3. The van der Waals surface area contributed by atoms with Crippen LogP contribution in [0.15, 0.2) is 75.4 Å². The van der Waals surface area contributed by atoms with Crippen LogP contribution in [0.3, 0.4) is 0 Å². The molecular weight excluding hydrogens is 513 g/mol. The second-order valence-corrected chi connectivity index (χ2v) is 11.4. The summed E-state index contributed by atoms with van der Waals surface area (Å²) in [5, 5.41) is 2.02. The van der Waals surface area contributed by atoms with Gasteiger partial charge >= 0.3 is 0 Å². The summed E-state index contributed by atoms with van der Waals surface area (Å²) in [6.07, 6.45) is 0. The van der Waals surface area contributed by atoms with Crippen molar-refractivity contribution < 1.29 is 12.8 Å². The third-order valence-electron chi connectivity index (χ3n) is 5.67. The maximum Gasteiger partial charge on any atom is 0.240 e. The minimum Gasteiger partial charge on any atom is -0.369 e. The number of anilines is 1. The van der Waals surface area contributed by atoms with Gasteiger partial charge in [-0.1, -0.05) is 22.0 Å². The van der Waals surface area contributed by atoms with Crippen LogP contribution in [0.2, 0.25) is 0 Å². The zero-order valence-electron chi connectivity index (χ0n) is 17.6. The van der Waals surface area contributed by atoms with Gasteiger partial charge in [0.2, 0.25) is 10.0 Å². The van der Waals surface area contributed by atoms with Crippen LogP contribution in [0.4, 0.5) is 10.1 Å². The van der Waals surface area contributed by atoms with Gasteiger partial charge in [0.1, 0.15) is 5.82 Å². The Hall–Kier alpha value is -1.78. The third kappa shape index (κ3) is 5.40. The van der Waals surface area contributed by atoms with Crippen LogP contribution in [0, 0.1) is 5.82 Å². The smallest absolute Gasteiger partial charge is 0.240 e. The van der Waals surface area contributed by atoms with E-state index in [0.717, 1.165) is 41.2 Å². The van der Waals surface area contributed by atoms with Gasteiger partial charge in [-0.15, -0.1) is 11.3 Å². The lowest BCUT2D eigenvalue weighted by molar-refractivity contribution is 0.164. The summed E-state index contributed by atoms with van der Waals surface area (Å²) in [6, 6.07) is 16.9. The number of nitrogens with one attached hydrogen (secondary N) is 1. The summed E-state index contributed by atoms with van der Waals surface area (Å²) >= 11 is 4.98. The molecule has 2 atom stereocenters. The van der Waals surface area contributed by atoms with Crippen LogP contribution in [-0.4, -0.2) is 45.5 Å². The van der Waals surface area contributed by atoms with Gasteiger partial charge in [0.05, 0.1) is 10.9 Å². The highest BCUT2D eigenvalue weighted by atomic mass is 79.9. The van der Waals surface area contributed by atoms with Gasteiger partial charge in [0.25, 0.3) is 0 Å². The van der Waals surface area contributed by atoms with Gasteiger partial charge in [0.15, 0.2) is 0 Å². The largest absolute Gasteiger partial charge is 0.369 e. The molecule has 1 fully saturated rings. The Balaban J connectivity index is 1.49. The molecule has 1 saturated heterocycles. The molecule has 3 aromatic rings. The first-order valence-electron chi connectivity index (χ1n) is 10.4. The molecule has 9 heteroatoms. The van der Waals surface area contributed by atoms with E-state index >= 15 is 0 Å². The Morgan fingerprint density at radius 1 is 1.00 bits per heavy atom. The molecule has 0 saturated carbocycles. The molecular formula is C23H25BrFN3O2S2. The van der Waals surface area contributed by atoms with Crippen molar-refractivity contribution in [2.45, 2.75) is 23.9 Å². The van der Waals surface area contributed by atoms with Crippen molar-refractivity contribution in [2.24, 2.45) is 0 Å². The number of benzene rings is 2. The molecule has 2 unspecified atom stereocenters. The van der Waals surface area contributed by atoms with Crippen LogP contribution in [0.1, 0.15) is 17.8 Å². The molecule has 2 aromatic carbocycles. The fraction of sp³-hybridized carbons (Fsp3) is 0.304. The van der Waals surface area contributed by atoms with Gasteiger partial charge < -0.3 is 4.90 Å². The Morgan fingerprint density at radius 2 is 1.66 bits per heavy atom. The summed E-state index contributed by atoms with van der Waals surface area (Å²) in [4.78, 5) is 5.95. The summed E-state index contributed by atoms with van der Waals surface area (Å²) in [5.41, 5.74) is 1.00. The van der Waals surface area contributed by atoms with E-state index in [9.17, 15) is 12.8 Å². The van der Waals surface area contributed by atoms with Crippen molar-refractivity contribution in [3.8, 4) is 0 Å². The average Bonchev–Trinajstić information content (AvgIpc) is 3.29. The van der Waals surface area contributed by atoms with E-state index in [1.165, 1.54) is 12.1 Å². The molecule has 0 bridgehead atoms. The Labute approximate surface area is 201 Å².